The third-order valence-electron chi connectivity index (χ3n) is 3.12. The van der Waals surface area contributed by atoms with Crippen LogP contribution in [0.2, 0.25) is 5.28 Å². The fourth-order valence-electron chi connectivity index (χ4n) is 2.22. The second-order valence-corrected chi connectivity index (χ2v) is 5.12. The number of H-pyrrole nitrogens is 1. The van der Waals surface area contributed by atoms with Gasteiger partial charge in [-0.25, -0.2) is 4.98 Å². The molecule has 2 aromatic rings. The maximum atomic E-state index is 5.90. The SMILES string of the molecule is CC1(Nc2nc(Cl)nc3nc[nH]c23)CCCOC1. The van der Waals surface area contributed by atoms with Gasteiger partial charge in [-0.3, -0.25) is 0 Å². The van der Waals surface area contributed by atoms with Gasteiger partial charge in [0, 0.05) is 6.61 Å². The minimum atomic E-state index is -0.131. The van der Waals surface area contributed by atoms with E-state index in [9.17, 15) is 0 Å². The van der Waals surface area contributed by atoms with Crippen LogP contribution in [0.15, 0.2) is 6.33 Å². The third kappa shape index (κ3) is 2.13. The van der Waals surface area contributed by atoms with Gasteiger partial charge in [0.05, 0.1) is 18.5 Å². The molecule has 0 radical (unpaired) electrons. The van der Waals surface area contributed by atoms with Crippen LogP contribution in [-0.2, 0) is 4.74 Å². The van der Waals surface area contributed by atoms with Crippen LogP contribution in [0.3, 0.4) is 0 Å². The fourth-order valence-corrected chi connectivity index (χ4v) is 2.38. The van der Waals surface area contributed by atoms with Crippen molar-refractivity contribution in [3.63, 3.8) is 0 Å². The summed E-state index contributed by atoms with van der Waals surface area (Å²) in [5.74, 6) is 0.676. The molecule has 1 atom stereocenters. The van der Waals surface area contributed by atoms with Gasteiger partial charge in [-0.15, -0.1) is 0 Å². The standard InChI is InChI=1S/C11H14ClN5O/c1-11(3-2-4-18-5-11)17-9-7-8(14-6-13-7)15-10(12)16-9/h6H,2-5H2,1H3,(H2,13,14,15,16,17). The first kappa shape index (κ1) is 11.7. The van der Waals surface area contributed by atoms with Crippen molar-refractivity contribution in [1.82, 2.24) is 19.9 Å². The van der Waals surface area contributed by atoms with Crippen LogP contribution in [0.1, 0.15) is 19.8 Å². The summed E-state index contributed by atoms with van der Waals surface area (Å²) in [4.78, 5) is 15.4. The Bertz CT molecular complexity index is 564. The van der Waals surface area contributed by atoms with Crippen molar-refractivity contribution in [2.75, 3.05) is 18.5 Å². The van der Waals surface area contributed by atoms with Gasteiger partial charge in [0.2, 0.25) is 5.28 Å². The minimum absolute atomic E-state index is 0.131. The molecule has 0 amide bonds. The summed E-state index contributed by atoms with van der Waals surface area (Å²) in [5.41, 5.74) is 1.21. The zero-order valence-electron chi connectivity index (χ0n) is 10.0. The third-order valence-corrected chi connectivity index (χ3v) is 3.29. The van der Waals surface area contributed by atoms with E-state index < -0.39 is 0 Å². The van der Waals surface area contributed by atoms with E-state index >= 15 is 0 Å². The summed E-state index contributed by atoms with van der Waals surface area (Å²) in [7, 11) is 0. The number of anilines is 1. The first-order valence-electron chi connectivity index (χ1n) is 5.89. The second-order valence-electron chi connectivity index (χ2n) is 4.78. The van der Waals surface area contributed by atoms with Crippen LogP contribution < -0.4 is 5.32 Å². The van der Waals surface area contributed by atoms with Crippen molar-refractivity contribution >= 4 is 28.6 Å². The van der Waals surface area contributed by atoms with Gasteiger partial charge in [0.25, 0.3) is 0 Å². The molecule has 2 N–H and O–H groups in total. The number of rotatable bonds is 2. The smallest absolute Gasteiger partial charge is 0.226 e. The lowest BCUT2D eigenvalue weighted by molar-refractivity contribution is 0.0539. The molecule has 1 aliphatic rings. The Morgan fingerprint density at radius 1 is 1.50 bits per heavy atom. The van der Waals surface area contributed by atoms with Gasteiger partial charge < -0.3 is 15.0 Å². The number of aromatic nitrogens is 4. The highest BCUT2D eigenvalue weighted by atomic mass is 35.5. The number of aromatic amines is 1. The summed E-state index contributed by atoms with van der Waals surface area (Å²) in [6, 6.07) is 0. The van der Waals surface area contributed by atoms with Crippen molar-refractivity contribution in [2.45, 2.75) is 25.3 Å². The van der Waals surface area contributed by atoms with Crippen LogP contribution in [-0.4, -0.2) is 38.7 Å². The molecule has 2 aromatic heterocycles. The number of imidazole rings is 1. The van der Waals surface area contributed by atoms with E-state index in [4.69, 9.17) is 16.3 Å². The van der Waals surface area contributed by atoms with Crippen LogP contribution in [0.25, 0.3) is 11.2 Å². The van der Waals surface area contributed by atoms with Crippen LogP contribution >= 0.6 is 11.6 Å². The first-order chi connectivity index (χ1) is 8.66. The number of hydrogen-bond donors (Lipinski definition) is 2. The van der Waals surface area contributed by atoms with E-state index in [0.29, 0.717) is 18.1 Å². The van der Waals surface area contributed by atoms with Gasteiger partial charge in [-0.05, 0) is 31.4 Å². The van der Waals surface area contributed by atoms with Gasteiger partial charge >= 0.3 is 0 Å². The molecule has 0 aromatic carbocycles. The first-order valence-corrected chi connectivity index (χ1v) is 6.27. The molecule has 18 heavy (non-hydrogen) atoms. The summed E-state index contributed by atoms with van der Waals surface area (Å²) >= 11 is 5.90. The summed E-state index contributed by atoms with van der Waals surface area (Å²) in [6.45, 7) is 3.59. The molecule has 7 heteroatoms. The van der Waals surface area contributed by atoms with E-state index in [0.717, 1.165) is 25.0 Å². The minimum Gasteiger partial charge on any atom is -0.379 e. The van der Waals surface area contributed by atoms with Crippen molar-refractivity contribution in [2.24, 2.45) is 0 Å². The lowest BCUT2D eigenvalue weighted by Crippen LogP contribution is -2.43. The molecule has 0 saturated carbocycles. The molecule has 0 aliphatic carbocycles. The number of halogens is 1. The molecule has 0 spiro atoms. The molecule has 1 saturated heterocycles. The summed E-state index contributed by atoms with van der Waals surface area (Å²) in [5, 5.41) is 3.59. The number of nitrogens with zero attached hydrogens (tertiary/aromatic N) is 3. The quantitative estimate of drug-likeness (QED) is 0.814. The van der Waals surface area contributed by atoms with Crippen LogP contribution in [0.5, 0.6) is 0 Å². The van der Waals surface area contributed by atoms with E-state index in [-0.39, 0.29) is 10.8 Å². The zero-order chi connectivity index (χ0) is 12.6. The van der Waals surface area contributed by atoms with E-state index in [1.165, 1.54) is 0 Å². The van der Waals surface area contributed by atoms with Crippen LogP contribution in [0.4, 0.5) is 5.82 Å². The van der Waals surface area contributed by atoms with Crippen molar-refractivity contribution in [3.05, 3.63) is 11.6 Å². The van der Waals surface area contributed by atoms with Gasteiger partial charge in [0.15, 0.2) is 11.5 Å². The van der Waals surface area contributed by atoms with Crippen LogP contribution in [0, 0.1) is 0 Å². The predicted octanol–water partition coefficient (Wildman–Crippen LogP) is 1.99. The Morgan fingerprint density at radius 3 is 3.17 bits per heavy atom. The maximum Gasteiger partial charge on any atom is 0.226 e. The number of nitrogens with one attached hydrogen (secondary N) is 2. The second kappa shape index (κ2) is 4.37. The molecule has 3 rings (SSSR count). The molecule has 6 nitrogen and oxygen atoms in total. The Labute approximate surface area is 109 Å². The highest BCUT2D eigenvalue weighted by Crippen LogP contribution is 2.26. The fraction of sp³-hybridized carbons (Fsp3) is 0.545. The Morgan fingerprint density at radius 2 is 2.39 bits per heavy atom. The highest BCUT2D eigenvalue weighted by molar-refractivity contribution is 6.28. The topological polar surface area (TPSA) is 75.7 Å². The largest absolute Gasteiger partial charge is 0.379 e. The molecule has 1 aliphatic heterocycles. The molecule has 0 bridgehead atoms. The summed E-state index contributed by atoms with van der Waals surface area (Å²) in [6.07, 6.45) is 3.65. The van der Waals surface area contributed by atoms with E-state index in [1.54, 1.807) is 6.33 Å². The Balaban J connectivity index is 1.96. The van der Waals surface area contributed by atoms with Gasteiger partial charge in [-0.1, -0.05) is 0 Å². The highest BCUT2D eigenvalue weighted by Gasteiger charge is 2.28. The Kier molecular flexibility index (Phi) is 2.83. The van der Waals surface area contributed by atoms with Crippen molar-refractivity contribution in [3.8, 4) is 0 Å². The monoisotopic (exact) mass is 267 g/mol. The molecule has 3 heterocycles. The van der Waals surface area contributed by atoms with E-state index in [2.05, 4.69) is 32.2 Å². The summed E-state index contributed by atoms with van der Waals surface area (Å²) < 4.78 is 5.52. The predicted molar refractivity (Wildman–Crippen MR) is 68.8 cm³/mol. The normalized spacial score (nSPS) is 24.3. The number of ether oxygens (including phenoxy) is 1. The number of hydrogen-bond acceptors (Lipinski definition) is 5. The zero-order valence-corrected chi connectivity index (χ0v) is 10.8. The Hall–Kier alpha value is -1.40. The molecule has 96 valence electrons. The molecule has 1 unspecified atom stereocenters. The molecule has 1 fully saturated rings. The lowest BCUT2D eigenvalue weighted by Gasteiger charge is -2.34. The van der Waals surface area contributed by atoms with Gasteiger partial charge in [0.1, 0.15) is 5.52 Å². The molecular weight excluding hydrogens is 254 g/mol. The van der Waals surface area contributed by atoms with Crippen molar-refractivity contribution < 1.29 is 4.74 Å². The average Bonchev–Trinajstić information content (AvgIpc) is 2.77. The van der Waals surface area contributed by atoms with E-state index in [1.807, 2.05) is 0 Å². The molecular formula is C11H14ClN5O. The lowest BCUT2D eigenvalue weighted by atomic mass is 9.95. The van der Waals surface area contributed by atoms with Crippen molar-refractivity contribution in [1.29, 1.82) is 0 Å². The maximum absolute atomic E-state index is 5.90. The van der Waals surface area contributed by atoms with Gasteiger partial charge in [-0.2, -0.15) is 9.97 Å². The average molecular weight is 268 g/mol. The number of fused-ring (bicyclic) bond motifs is 1.